The van der Waals surface area contributed by atoms with E-state index in [0.717, 1.165) is 28.6 Å². The van der Waals surface area contributed by atoms with Crippen molar-refractivity contribution in [3.8, 4) is 0 Å². The van der Waals surface area contributed by atoms with Crippen molar-refractivity contribution in [2.24, 2.45) is 10.2 Å². The van der Waals surface area contributed by atoms with E-state index in [9.17, 15) is 4.79 Å². The number of carbonyl (C=O) groups is 1. The number of rotatable bonds is 5. The van der Waals surface area contributed by atoms with Crippen LogP contribution in [-0.2, 0) is 4.79 Å². The van der Waals surface area contributed by atoms with Crippen molar-refractivity contribution in [3.05, 3.63) is 85.5 Å². The average molecular weight is 306 g/mol. The fraction of sp³-hybridized carbons (Fsp3) is 0. The molecule has 0 radical (unpaired) electrons. The summed E-state index contributed by atoms with van der Waals surface area (Å²) >= 11 is 0. The number of nitrogens with zero attached hydrogens (tertiary/aromatic N) is 2. The van der Waals surface area contributed by atoms with E-state index in [1.807, 2.05) is 48.5 Å². The number of hydrogen-bond acceptors (Lipinski definition) is 3. The molecule has 2 aromatic rings. The minimum atomic E-state index is -0.981. The van der Waals surface area contributed by atoms with Gasteiger partial charge in [-0.25, -0.2) is 4.79 Å². The van der Waals surface area contributed by atoms with Gasteiger partial charge >= 0.3 is 5.97 Å². The minimum Gasteiger partial charge on any atom is -0.478 e. The number of azo groups is 1. The summed E-state index contributed by atoms with van der Waals surface area (Å²) in [5, 5.41) is 15.9. The van der Waals surface area contributed by atoms with Gasteiger partial charge in [-0.1, -0.05) is 56.2 Å². The van der Waals surface area contributed by atoms with E-state index in [1.165, 1.54) is 0 Å². The molecule has 4 heteroatoms. The fourth-order valence-corrected chi connectivity index (χ4v) is 1.47. The van der Waals surface area contributed by atoms with Gasteiger partial charge in [0.2, 0.25) is 0 Å². The van der Waals surface area contributed by atoms with Crippen LogP contribution < -0.4 is 0 Å². The molecule has 0 saturated heterocycles. The lowest BCUT2D eigenvalue weighted by Crippen LogP contribution is -1.82. The molecule has 0 aliphatic heterocycles. The molecule has 0 bridgehead atoms. The number of carboxylic acids is 1. The zero-order valence-corrected chi connectivity index (χ0v) is 12.7. The predicted octanol–water partition coefficient (Wildman–Crippen LogP) is 5.65. The van der Waals surface area contributed by atoms with Crippen molar-refractivity contribution in [2.45, 2.75) is 0 Å². The molecule has 0 unspecified atom stereocenters. The molecule has 2 aromatic carbocycles. The van der Waals surface area contributed by atoms with Crippen molar-refractivity contribution >= 4 is 29.5 Å². The average Bonchev–Trinajstić information content (AvgIpc) is 2.61. The Morgan fingerprint density at radius 1 is 0.783 bits per heavy atom. The highest BCUT2D eigenvalue weighted by Crippen LogP contribution is 2.19. The maximum absolute atomic E-state index is 9.25. The smallest absolute Gasteiger partial charge is 0.327 e. The Labute approximate surface area is 135 Å². The lowest BCUT2D eigenvalue weighted by molar-refractivity contribution is -0.131. The Hall–Kier alpha value is -3.27. The first kappa shape index (κ1) is 17.8. The van der Waals surface area contributed by atoms with Gasteiger partial charge in [-0.05, 0) is 35.4 Å². The van der Waals surface area contributed by atoms with Crippen molar-refractivity contribution in [1.82, 2.24) is 0 Å². The zero-order chi connectivity index (χ0) is 17.1. The molecule has 0 aliphatic carbocycles. The van der Waals surface area contributed by atoms with Gasteiger partial charge in [-0.2, -0.15) is 10.2 Å². The molecule has 0 heterocycles. The molecule has 0 amide bonds. The van der Waals surface area contributed by atoms with Crippen LogP contribution in [0.4, 0.5) is 11.4 Å². The Bertz CT molecular complexity index is 646. The van der Waals surface area contributed by atoms with E-state index in [4.69, 9.17) is 5.11 Å². The number of aliphatic carboxylic acids is 1. The quantitative estimate of drug-likeness (QED) is 0.573. The van der Waals surface area contributed by atoms with E-state index in [2.05, 4.69) is 30.0 Å². The summed E-state index contributed by atoms with van der Waals surface area (Å²) in [7, 11) is 0. The summed E-state index contributed by atoms with van der Waals surface area (Å²) in [6, 6.07) is 15.5. The maximum atomic E-state index is 9.25. The zero-order valence-electron chi connectivity index (χ0n) is 12.7. The first-order chi connectivity index (χ1) is 11.1. The van der Waals surface area contributed by atoms with Crippen LogP contribution in [0.5, 0.6) is 0 Å². The Balaban J connectivity index is 0.000000463. The highest BCUT2D eigenvalue weighted by atomic mass is 16.4. The van der Waals surface area contributed by atoms with Gasteiger partial charge in [-0.3, -0.25) is 0 Å². The van der Waals surface area contributed by atoms with Crippen molar-refractivity contribution in [2.75, 3.05) is 0 Å². The molecular weight excluding hydrogens is 288 g/mol. The van der Waals surface area contributed by atoms with Crippen molar-refractivity contribution < 1.29 is 9.90 Å². The van der Waals surface area contributed by atoms with Crippen LogP contribution in [0.3, 0.4) is 0 Å². The molecule has 4 nitrogen and oxygen atoms in total. The molecule has 23 heavy (non-hydrogen) atoms. The van der Waals surface area contributed by atoms with E-state index in [0.29, 0.717) is 0 Å². The van der Waals surface area contributed by atoms with Crippen LogP contribution in [0.2, 0.25) is 0 Å². The molecular formula is C19H18N2O2. The second-order valence-electron chi connectivity index (χ2n) is 4.33. The van der Waals surface area contributed by atoms with E-state index in [1.54, 1.807) is 12.2 Å². The van der Waals surface area contributed by atoms with E-state index in [-0.39, 0.29) is 0 Å². The Morgan fingerprint density at radius 3 is 1.30 bits per heavy atom. The van der Waals surface area contributed by atoms with Crippen LogP contribution in [-0.4, -0.2) is 11.1 Å². The molecule has 0 spiro atoms. The summed E-state index contributed by atoms with van der Waals surface area (Å²) in [6.07, 6.45) is 4.43. The van der Waals surface area contributed by atoms with Gasteiger partial charge < -0.3 is 5.11 Å². The molecule has 2 rings (SSSR count). The first-order valence-corrected chi connectivity index (χ1v) is 6.81. The summed E-state index contributed by atoms with van der Waals surface area (Å²) in [5.41, 5.74) is 3.80. The lowest BCUT2D eigenvalue weighted by atomic mass is 10.2. The molecule has 1 N–H and O–H groups in total. The summed E-state index contributed by atoms with van der Waals surface area (Å²) in [4.78, 5) is 9.25. The van der Waals surface area contributed by atoms with Gasteiger partial charge in [0.1, 0.15) is 0 Å². The largest absolute Gasteiger partial charge is 0.478 e. The summed E-state index contributed by atoms with van der Waals surface area (Å²) in [5.74, 6) is -0.981. The fourth-order valence-electron chi connectivity index (χ4n) is 1.47. The maximum Gasteiger partial charge on any atom is 0.327 e. The highest BCUT2D eigenvalue weighted by molar-refractivity contribution is 5.78. The van der Waals surface area contributed by atoms with E-state index < -0.39 is 5.97 Å². The monoisotopic (exact) mass is 306 g/mol. The molecule has 0 saturated carbocycles. The third kappa shape index (κ3) is 6.82. The highest BCUT2D eigenvalue weighted by Gasteiger charge is 1.91. The third-order valence-corrected chi connectivity index (χ3v) is 2.71. The van der Waals surface area contributed by atoms with Gasteiger partial charge in [0.15, 0.2) is 0 Å². The summed E-state index contributed by atoms with van der Waals surface area (Å²) in [6.45, 7) is 10.4. The van der Waals surface area contributed by atoms with Crippen LogP contribution in [0, 0.1) is 0 Å². The number of carboxylic acid groups (broad SMARTS) is 1. The molecule has 0 aromatic heterocycles. The van der Waals surface area contributed by atoms with Crippen LogP contribution in [0.1, 0.15) is 11.1 Å². The van der Waals surface area contributed by atoms with Gasteiger partial charge in [0.25, 0.3) is 0 Å². The normalized spacial score (nSPS) is 9.57. The Morgan fingerprint density at radius 2 is 1.09 bits per heavy atom. The van der Waals surface area contributed by atoms with Gasteiger partial charge in [0, 0.05) is 6.08 Å². The predicted molar refractivity (Wildman–Crippen MR) is 95.1 cm³/mol. The lowest BCUT2D eigenvalue weighted by Gasteiger charge is -1.96. The molecule has 116 valence electrons. The Kier molecular flexibility index (Phi) is 7.44. The number of benzene rings is 2. The topological polar surface area (TPSA) is 62.0 Å². The van der Waals surface area contributed by atoms with Crippen LogP contribution >= 0.6 is 0 Å². The summed E-state index contributed by atoms with van der Waals surface area (Å²) < 4.78 is 0. The molecule has 0 fully saturated rings. The number of hydrogen-bond donors (Lipinski definition) is 1. The van der Waals surface area contributed by atoms with E-state index >= 15 is 0 Å². The molecule has 0 atom stereocenters. The van der Waals surface area contributed by atoms with Gasteiger partial charge in [-0.15, -0.1) is 0 Å². The SMILES string of the molecule is C=CC(=O)O.C=Cc1ccc(N=Nc2ccc(C=C)cc2)cc1. The van der Waals surface area contributed by atoms with Crippen molar-refractivity contribution in [1.29, 1.82) is 0 Å². The third-order valence-electron chi connectivity index (χ3n) is 2.71. The van der Waals surface area contributed by atoms with Crippen LogP contribution in [0.25, 0.3) is 12.2 Å². The standard InChI is InChI=1S/C16H14N2.C3H4O2/c1-3-13-5-9-15(10-6-13)17-18-16-11-7-14(4-2)8-12-16;1-2-3(4)5/h3-12H,1-2H2;2H,1H2,(H,4,5). The second-order valence-corrected chi connectivity index (χ2v) is 4.33. The first-order valence-electron chi connectivity index (χ1n) is 6.81. The minimum absolute atomic E-state index is 0.827. The van der Waals surface area contributed by atoms with Crippen molar-refractivity contribution in [3.63, 3.8) is 0 Å². The second kappa shape index (κ2) is 9.63. The molecule has 0 aliphatic rings. The van der Waals surface area contributed by atoms with Crippen LogP contribution in [0.15, 0.2) is 84.6 Å². The van der Waals surface area contributed by atoms with Gasteiger partial charge in [0.05, 0.1) is 11.4 Å².